The zero-order chi connectivity index (χ0) is 23.9. The van der Waals surface area contributed by atoms with Gasteiger partial charge in [0.05, 0.1) is 23.4 Å². The molecule has 0 aliphatic carbocycles. The Morgan fingerprint density at radius 1 is 0.676 bits per heavy atom. The van der Waals surface area contributed by atoms with Crippen molar-refractivity contribution in [2.45, 2.75) is 9.79 Å². The van der Waals surface area contributed by atoms with Crippen LogP contribution in [0, 0.1) is 0 Å². The number of hydrogen-bond acceptors (Lipinski definition) is 9. The number of anilines is 2. The first-order valence-corrected chi connectivity index (χ1v) is 12.7. The number of rotatable bonds is 7. The fourth-order valence-corrected chi connectivity index (χ4v) is 5.77. The smallest absolute Gasteiger partial charge is 0.265 e. The Labute approximate surface area is 195 Å². The van der Waals surface area contributed by atoms with Crippen LogP contribution in [-0.2, 0) is 20.0 Å². The van der Waals surface area contributed by atoms with Crippen LogP contribution in [0.2, 0.25) is 0 Å². The second kappa shape index (κ2) is 8.18. The lowest BCUT2D eigenvalue weighted by Gasteiger charge is -2.14. The van der Waals surface area contributed by atoms with Crippen molar-refractivity contribution in [1.29, 1.82) is 0 Å². The van der Waals surface area contributed by atoms with Gasteiger partial charge in [-0.15, -0.1) is 0 Å². The zero-order valence-electron chi connectivity index (χ0n) is 17.6. The summed E-state index contributed by atoms with van der Waals surface area (Å²) in [4.78, 5) is -0.641. The van der Waals surface area contributed by atoms with Crippen LogP contribution in [0.15, 0.2) is 64.4 Å². The van der Waals surface area contributed by atoms with Crippen LogP contribution in [0.5, 0.6) is 28.7 Å². The maximum atomic E-state index is 13.1. The summed E-state index contributed by atoms with van der Waals surface area (Å²) in [6.45, 7) is 0.0806. The molecule has 0 spiro atoms. The molecule has 2 heterocycles. The molecule has 0 bridgehead atoms. The lowest BCUT2D eigenvalue weighted by molar-refractivity contribution is 0.173. The highest BCUT2D eigenvalue weighted by atomic mass is 32.2. The molecule has 2 N–H and O–H groups in total. The van der Waals surface area contributed by atoms with Crippen molar-refractivity contribution in [3.8, 4) is 28.7 Å². The third kappa shape index (κ3) is 4.10. The third-order valence-electron chi connectivity index (χ3n) is 4.98. The summed E-state index contributed by atoms with van der Waals surface area (Å²) in [6, 6.07) is 12.6. The number of sulfonamides is 2. The van der Waals surface area contributed by atoms with Gasteiger partial charge in [0, 0.05) is 12.1 Å². The lowest BCUT2D eigenvalue weighted by atomic mass is 10.3. The molecule has 0 aromatic heterocycles. The minimum atomic E-state index is -4.24. The van der Waals surface area contributed by atoms with Gasteiger partial charge in [0.25, 0.3) is 20.0 Å². The van der Waals surface area contributed by atoms with Gasteiger partial charge in [-0.2, -0.15) is 0 Å². The molecular formula is C21H18N2O9S2. The molecule has 3 aromatic carbocycles. The first kappa shape index (κ1) is 22.0. The normalized spacial score (nSPS) is 14.0. The molecule has 0 fully saturated rings. The van der Waals surface area contributed by atoms with Gasteiger partial charge in [-0.05, 0) is 42.5 Å². The number of ether oxygens (including phenoxy) is 5. The second-order valence-corrected chi connectivity index (χ2v) is 10.5. The van der Waals surface area contributed by atoms with Crippen molar-refractivity contribution in [1.82, 2.24) is 0 Å². The van der Waals surface area contributed by atoms with E-state index in [2.05, 4.69) is 9.44 Å². The second-order valence-electron chi connectivity index (χ2n) is 7.16. The monoisotopic (exact) mass is 506 g/mol. The molecule has 0 amide bonds. The number of nitrogens with one attached hydrogen (secondary N) is 2. The molecular weight excluding hydrogens is 488 g/mol. The van der Waals surface area contributed by atoms with Crippen LogP contribution in [0.4, 0.5) is 11.4 Å². The molecule has 178 valence electrons. The van der Waals surface area contributed by atoms with E-state index in [4.69, 9.17) is 23.7 Å². The highest BCUT2D eigenvalue weighted by molar-refractivity contribution is 7.93. The summed E-state index contributed by atoms with van der Waals surface area (Å²) < 4.78 is 83.2. The molecule has 0 atom stereocenters. The van der Waals surface area contributed by atoms with Gasteiger partial charge in [-0.3, -0.25) is 9.44 Å². The van der Waals surface area contributed by atoms with Gasteiger partial charge in [-0.25, -0.2) is 16.8 Å². The third-order valence-corrected chi connectivity index (χ3v) is 7.77. The highest BCUT2D eigenvalue weighted by Crippen LogP contribution is 2.37. The molecule has 0 unspecified atom stereocenters. The summed E-state index contributed by atoms with van der Waals surface area (Å²) in [5, 5.41) is 0. The van der Waals surface area contributed by atoms with E-state index >= 15 is 0 Å². The van der Waals surface area contributed by atoms with Crippen molar-refractivity contribution in [3.63, 3.8) is 0 Å². The minimum Gasteiger partial charge on any atom is -0.495 e. The predicted molar refractivity (Wildman–Crippen MR) is 120 cm³/mol. The predicted octanol–water partition coefficient (Wildman–Crippen LogP) is 2.75. The molecule has 0 saturated heterocycles. The van der Waals surface area contributed by atoms with Crippen molar-refractivity contribution < 1.29 is 40.5 Å². The first-order chi connectivity index (χ1) is 16.2. The van der Waals surface area contributed by atoms with E-state index in [0.717, 1.165) is 6.07 Å². The van der Waals surface area contributed by atoms with Crippen LogP contribution >= 0.6 is 0 Å². The van der Waals surface area contributed by atoms with Crippen LogP contribution < -0.4 is 33.1 Å². The standard InChI is InChI=1S/C21H18N2O9S2/c1-28-18-7-4-15(33(24,25)22-13-2-5-16-19(8-13)31-11-29-16)10-21(18)34(26,27)23-14-3-6-17-20(9-14)32-12-30-17/h2-10,22-23H,11-12H2,1H3. The van der Waals surface area contributed by atoms with Gasteiger partial charge < -0.3 is 23.7 Å². The van der Waals surface area contributed by atoms with Gasteiger partial charge >= 0.3 is 0 Å². The van der Waals surface area contributed by atoms with Crippen LogP contribution in [0.3, 0.4) is 0 Å². The van der Waals surface area contributed by atoms with Crippen molar-refractivity contribution in [3.05, 3.63) is 54.6 Å². The molecule has 13 heteroatoms. The van der Waals surface area contributed by atoms with Gasteiger partial charge in [-0.1, -0.05) is 0 Å². The van der Waals surface area contributed by atoms with Gasteiger partial charge in [0.1, 0.15) is 10.6 Å². The Kier molecular flexibility index (Phi) is 5.29. The molecule has 2 aliphatic rings. The van der Waals surface area contributed by atoms with E-state index in [1.54, 1.807) is 12.1 Å². The SMILES string of the molecule is COc1ccc(S(=O)(=O)Nc2ccc3c(c2)OCO3)cc1S(=O)(=O)Nc1ccc2c(c1)OCO2. The number of methoxy groups -OCH3 is 1. The molecule has 11 nitrogen and oxygen atoms in total. The van der Waals surface area contributed by atoms with Gasteiger partial charge in [0.2, 0.25) is 13.6 Å². The van der Waals surface area contributed by atoms with E-state index in [-0.39, 0.29) is 40.5 Å². The van der Waals surface area contributed by atoms with Crippen molar-refractivity contribution >= 4 is 31.4 Å². The van der Waals surface area contributed by atoms with Gasteiger partial charge in [0.15, 0.2) is 23.0 Å². The van der Waals surface area contributed by atoms with Crippen LogP contribution in [0.1, 0.15) is 0 Å². The summed E-state index contributed by atoms with van der Waals surface area (Å²) in [5.74, 6) is 1.73. The molecule has 5 rings (SSSR count). The van der Waals surface area contributed by atoms with E-state index in [1.165, 1.54) is 43.5 Å². The fourth-order valence-electron chi connectivity index (χ4n) is 3.38. The molecule has 34 heavy (non-hydrogen) atoms. The Morgan fingerprint density at radius 2 is 1.21 bits per heavy atom. The zero-order valence-corrected chi connectivity index (χ0v) is 19.2. The maximum absolute atomic E-state index is 13.1. The molecule has 3 aromatic rings. The number of benzene rings is 3. The summed E-state index contributed by atoms with van der Waals surface area (Å²) >= 11 is 0. The topological polar surface area (TPSA) is 138 Å². The van der Waals surface area contributed by atoms with E-state index < -0.39 is 20.0 Å². The van der Waals surface area contributed by atoms with E-state index in [9.17, 15) is 16.8 Å². The Hall–Kier alpha value is -3.84. The Bertz CT molecular complexity index is 1490. The quantitative estimate of drug-likeness (QED) is 0.495. The molecule has 2 aliphatic heterocycles. The number of hydrogen-bond donors (Lipinski definition) is 2. The average molecular weight is 507 g/mol. The first-order valence-electron chi connectivity index (χ1n) is 9.78. The van der Waals surface area contributed by atoms with Crippen molar-refractivity contribution in [2.75, 3.05) is 30.1 Å². The maximum Gasteiger partial charge on any atom is 0.265 e. The summed E-state index contributed by atoms with van der Waals surface area (Å²) in [6.07, 6.45) is 0. The van der Waals surface area contributed by atoms with Crippen LogP contribution in [0.25, 0.3) is 0 Å². The summed E-state index contributed by atoms with van der Waals surface area (Å²) in [5.41, 5.74) is 0.431. The largest absolute Gasteiger partial charge is 0.495 e. The van der Waals surface area contributed by atoms with E-state index in [0.29, 0.717) is 23.0 Å². The summed E-state index contributed by atoms with van der Waals surface area (Å²) in [7, 11) is -7.10. The lowest BCUT2D eigenvalue weighted by Crippen LogP contribution is -2.17. The average Bonchev–Trinajstić information content (AvgIpc) is 3.46. The van der Waals surface area contributed by atoms with E-state index in [1.807, 2.05) is 0 Å². The fraction of sp³-hybridized carbons (Fsp3) is 0.143. The molecule has 0 radical (unpaired) electrons. The van der Waals surface area contributed by atoms with Crippen LogP contribution in [-0.4, -0.2) is 37.5 Å². The minimum absolute atomic E-state index is 0.0322. The van der Waals surface area contributed by atoms with Crippen molar-refractivity contribution in [2.24, 2.45) is 0 Å². The Balaban J connectivity index is 1.45. The Morgan fingerprint density at radius 3 is 1.76 bits per heavy atom. The number of fused-ring (bicyclic) bond motifs is 2. The molecule has 0 saturated carbocycles. The highest BCUT2D eigenvalue weighted by Gasteiger charge is 2.26.